The molecule has 0 aromatic heterocycles. The molecule has 1 atom stereocenters. The zero-order valence-electron chi connectivity index (χ0n) is 18.9. The predicted octanol–water partition coefficient (Wildman–Crippen LogP) is 4.01. The minimum atomic E-state index is -1.33. The van der Waals surface area contributed by atoms with Gasteiger partial charge in [0.05, 0.1) is 6.61 Å². The Morgan fingerprint density at radius 2 is 1.77 bits per heavy atom. The average Bonchev–Trinajstić information content (AvgIpc) is 2.76. The van der Waals surface area contributed by atoms with Crippen molar-refractivity contribution in [3.63, 3.8) is 0 Å². The molecule has 0 spiro atoms. The van der Waals surface area contributed by atoms with Crippen LogP contribution >= 0.6 is 0 Å². The molecule has 0 heterocycles. The highest BCUT2D eigenvalue weighted by atomic mass is 16.5. The van der Waals surface area contributed by atoms with Crippen LogP contribution in [0.2, 0.25) is 0 Å². The summed E-state index contributed by atoms with van der Waals surface area (Å²) in [5.74, 6) is -0.333. The number of rotatable bonds is 12. The van der Waals surface area contributed by atoms with E-state index in [1.165, 1.54) is 0 Å². The number of nitrogens with zero attached hydrogens (tertiary/aromatic N) is 1. The third-order valence-corrected chi connectivity index (χ3v) is 5.52. The summed E-state index contributed by atoms with van der Waals surface area (Å²) in [6.07, 6.45) is 0.330. The van der Waals surface area contributed by atoms with Crippen molar-refractivity contribution in [1.82, 2.24) is 4.90 Å². The largest absolute Gasteiger partial charge is 0.494 e. The summed E-state index contributed by atoms with van der Waals surface area (Å²) in [7, 11) is 0. The minimum Gasteiger partial charge on any atom is -0.494 e. The molecular weight excluding hydrogens is 392 g/mol. The second-order valence-corrected chi connectivity index (χ2v) is 7.44. The van der Waals surface area contributed by atoms with Crippen LogP contribution in [-0.4, -0.2) is 41.5 Å². The number of aliphatic carboxylic acids is 1. The van der Waals surface area contributed by atoms with E-state index in [0.717, 1.165) is 18.7 Å². The van der Waals surface area contributed by atoms with E-state index in [-0.39, 0.29) is 5.84 Å². The molecule has 31 heavy (non-hydrogen) atoms. The van der Waals surface area contributed by atoms with Gasteiger partial charge in [0.1, 0.15) is 11.6 Å². The molecule has 2 aromatic carbocycles. The molecule has 7 heteroatoms. The van der Waals surface area contributed by atoms with Crippen LogP contribution in [0.4, 0.5) is 5.69 Å². The Bertz CT molecular complexity index is 894. The van der Waals surface area contributed by atoms with E-state index in [2.05, 4.69) is 24.1 Å². The van der Waals surface area contributed by atoms with Gasteiger partial charge in [0, 0.05) is 17.8 Å². The quantitative estimate of drug-likeness (QED) is 0.301. The summed E-state index contributed by atoms with van der Waals surface area (Å²) in [5.41, 5.74) is 7.08. The Morgan fingerprint density at radius 1 is 1.13 bits per heavy atom. The molecule has 5 N–H and O–H groups in total. The van der Waals surface area contributed by atoms with Gasteiger partial charge in [-0.05, 0) is 74.0 Å². The number of carboxylic acids is 1. The maximum absolute atomic E-state index is 12.6. The molecule has 0 aliphatic heterocycles. The number of hydrogen-bond acceptors (Lipinski definition) is 5. The van der Waals surface area contributed by atoms with Crippen LogP contribution in [0.25, 0.3) is 0 Å². The molecule has 0 saturated carbocycles. The van der Waals surface area contributed by atoms with Crippen molar-refractivity contribution >= 4 is 17.5 Å². The Morgan fingerprint density at radius 3 is 2.26 bits per heavy atom. The van der Waals surface area contributed by atoms with Gasteiger partial charge in [0.2, 0.25) is 0 Å². The van der Waals surface area contributed by atoms with Crippen LogP contribution in [0, 0.1) is 5.41 Å². The van der Waals surface area contributed by atoms with Gasteiger partial charge >= 0.3 is 5.97 Å². The van der Waals surface area contributed by atoms with Crippen LogP contribution < -0.4 is 15.8 Å². The molecule has 0 aliphatic rings. The van der Waals surface area contributed by atoms with Gasteiger partial charge in [0.25, 0.3) is 0 Å². The van der Waals surface area contributed by atoms with E-state index in [4.69, 9.17) is 15.9 Å². The second kappa shape index (κ2) is 10.8. The standard InChI is InChI=1S/C24H34N4O3/c1-5-24(23(29)30,27-20-11-9-18(10-12-20)22(25)26)19-13-17(16-28(6-2)7-3)14-21(15-19)31-8-4/h9-15,27H,5-8,16H2,1-4H3,(H3,25,26)(H,29,30). The normalized spacial score (nSPS) is 12.9. The third-order valence-electron chi connectivity index (χ3n) is 5.52. The van der Waals surface area contributed by atoms with E-state index in [0.29, 0.717) is 42.1 Å². The van der Waals surface area contributed by atoms with Gasteiger partial charge in [-0.15, -0.1) is 0 Å². The van der Waals surface area contributed by atoms with E-state index in [9.17, 15) is 9.90 Å². The number of anilines is 1. The van der Waals surface area contributed by atoms with Crippen LogP contribution in [0.15, 0.2) is 42.5 Å². The fraction of sp³-hybridized carbons (Fsp3) is 0.417. The highest BCUT2D eigenvalue weighted by Gasteiger charge is 2.39. The summed E-state index contributed by atoms with van der Waals surface area (Å²) in [6.45, 7) is 11.0. The molecule has 168 valence electrons. The van der Waals surface area contributed by atoms with Crippen molar-refractivity contribution in [2.45, 2.75) is 46.2 Å². The van der Waals surface area contributed by atoms with Crippen molar-refractivity contribution in [1.29, 1.82) is 5.41 Å². The number of amidine groups is 1. The SMILES string of the molecule is CCOc1cc(CN(CC)CC)cc(C(CC)(Nc2ccc(C(=N)N)cc2)C(=O)O)c1. The monoisotopic (exact) mass is 426 g/mol. The molecule has 0 saturated heterocycles. The Kier molecular flexibility index (Phi) is 8.45. The first-order valence-corrected chi connectivity index (χ1v) is 10.7. The number of nitrogen functional groups attached to an aromatic ring is 1. The molecule has 2 aromatic rings. The molecule has 1 unspecified atom stereocenters. The van der Waals surface area contributed by atoms with Crippen molar-refractivity contribution < 1.29 is 14.6 Å². The maximum atomic E-state index is 12.6. The lowest BCUT2D eigenvalue weighted by Gasteiger charge is -2.32. The van der Waals surface area contributed by atoms with E-state index in [1.807, 2.05) is 32.0 Å². The fourth-order valence-electron chi connectivity index (χ4n) is 3.63. The van der Waals surface area contributed by atoms with Gasteiger partial charge in [-0.2, -0.15) is 0 Å². The summed E-state index contributed by atoms with van der Waals surface area (Å²) in [6, 6.07) is 12.6. The maximum Gasteiger partial charge on any atom is 0.334 e. The molecule has 0 aliphatic carbocycles. The minimum absolute atomic E-state index is 0.0306. The highest BCUT2D eigenvalue weighted by molar-refractivity contribution is 5.95. The zero-order valence-corrected chi connectivity index (χ0v) is 18.9. The number of hydrogen-bond donors (Lipinski definition) is 4. The molecule has 0 amide bonds. The summed E-state index contributed by atoms with van der Waals surface area (Å²) in [4.78, 5) is 14.9. The van der Waals surface area contributed by atoms with Crippen molar-refractivity contribution in [3.8, 4) is 5.75 Å². The number of benzene rings is 2. The van der Waals surface area contributed by atoms with E-state index >= 15 is 0 Å². The first-order chi connectivity index (χ1) is 14.8. The topological polar surface area (TPSA) is 112 Å². The number of ether oxygens (including phenoxy) is 1. The predicted molar refractivity (Wildman–Crippen MR) is 125 cm³/mol. The second-order valence-electron chi connectivity index (χ2n) is 7.44. The highest BCUT2D eigenvalue weighted by Crippen LogP contribution is 2.34. The summed E-state index contributed by atoms with van der Waals surface area (Å²) < 4.78 is 5.77. The first kappa shape index (κ1) is 24.2. The van der Waals surface area contributed by atoms with Crippen LogP contribution in [0.3, 0.4) is 0 Å². The third kappa shape index (κ3) is 5.76. The molecule has 2 rings (SSSR count). The Balaban J connectivity index is 2.53. The number of carbonyl (C=O) groups is 1. The molecule has 0 fully saturated rings. The zero-order chi connectivity index (χ0) is 23.0. The van der Waals surface area contributed by atoms with E-state index < -0.39 is 11.5 Å². The summed E-state index contributed by atoms with van der Waals surface area (Å²) >= 11 is 0. The molecule has 0 radical (unpaired) electrons. The van der Waals surface area contributed by atoms with Gasteiger partial charge in [-0.25, -0.2) is 4.79 Å². The number of nitrogens with two attached hydrogens (primary N) is 1. The lowest BCUT2D eigenvalue weighted by Crippen LogP contribution is -2.43. The number of carboxylic acid groups (broad SMARTS) is 1. The summed E-state index contributed by atoms with van der Waals surface area (Å²) in [5, 5.41) is 21.1. The van der Waals surface area contributed by atoms with Gasteiger partial charge in [0.15, 0.2) is 5.54 Å². The van der Waals surface area contributed by atoms with Crippen molar-refractivity contribution in [2.24, 2.45) is 5.73 Å². The number of nitrogens with one attached hydrogen (secondary N) is 2. The van der Waals surface area contributed by atoms with Gasteiger partial charge in [-0.3, -0.25) is 10.3 Å². The Hall–Kier alpha value is -3.06. The Labute approximate surface area is 184 Å². The van der Waals surface area contributed by atoms with Gasteiger partial charge < -0.3 is 20.9 Å². The first-order valence-electron chi connectivity index (χ1n) is 10.7. The molecule has 7 nitrogen and oxygen atoms in total. The lowest BCUT2D eigenvalue weighted by atomic mass is 9.85. The van der Waals surface area contributed by atoms with Crippen molar-refractivity contribution in [2.75, 3.05) is 25.0 Å². The van der Waals surface area contributed by atoms with E-state index in [1.54, 1.807) is 24.3 Å². The van der Waals surface area contributed by atoms with Gasteiger partial charge in [-0.1, -0.05) is 26.8 Å². The fourth-order valence-corrected chi connectivity index (χ4v) is 3.63. The lowest BCUT2D eigenvalue weighted by molar-refractivity contribution is -0.142. The smallest absolute Gasteiger partial charge is 0.334 e. The average molecular weight is 427 g/mol. The molecular formula is C24H34N4O3. The van der Waals surface area contributed by atoms with Crippen molar-refractivity contribution in [3.05, 3.63) is 59.2 Å². The van der Waals surface area contributed by atoms with Crippen LogP contribution in [0.5, 0.6) is 5.75 Å². The van der Waals surface area contributed by atoms with Crippen LogP contribution in [0.1, 0.15) is 50.8 Å². The van der Waals surface area contributed by atoms with Crippen LogP contribution in [-0.2, 0) is 16.9 Å². The molecule has 0 bridgehead atoms.